The summed E-state index contributed by atoms with van der Waals surface area (Å²) in [6, 6.07) is 1.72. The number of hydrogen-bond donors (Lipinski definition) is 1. The highest BCUT2D eigenvalue weighted by atomic mass is 16.6. The van der Waals surface area contributed by atoms with Crippen molar-refractivity contribution in [1.29, 1.82) is 0 Å². The highest BCUT2D eigenvalue weighted by Gasteiger charge is 2.67. The first-order chi connectivity index (χ1) is 8.22. The molecule has 3 saturated carbocycles. The molecule has 3 aliphatic rings. The molecule has 2 bridgehead atoms. The monoisotopic (exact) mass is 249 g/mol. The Hall–Kier alpha value is -1.36. The SMILES string of the molecule is CC(C)(C)OC(=O)c1ccn(C23CC(N)(C2)C3)n1. The summed E-state index contributed by atoms with van der Waals surface area (Å²) in [6.45, 7) is 5.55. The number of nitrogens with zero attached hydrogens (tertiary/aromatic N) is 2. The second kappa shape index (κ2) is 3.15. The van der Waals surface area contributed by atoms with Gasteiger partial charge in [0.05, 0.1) is 5.54 Å². The van der Waals surface area contributed by atoms with Gasteiger partial charge < -0.3 is 10.5 Å². The molecule has 3 aliphatic carbocycles. The Labute approximate surface area is 106 Å². The van der Waals surface area contributed by atoms with Crippen LogP contribution in [0.3, 0.4) is 0 Å². The molecule has 98 valence electrons. The summed E-state index contributed by atoms with van der Waals surface area (Å²) in [7, 11) is 0. The molecule has 0 atom stereocenters. The van der Waals surface area contributed by atoms with Gasteiger partial charge in [0.1, 0.15) is 5.60 Å². The van der Waals surface area contributed by atoms with E-state index in [9.17, 15) is 4.79 Å². The van der Waals surface area contributed by atoms with Gasteiger partial charge in [-0.15, -0.1) is 0 Å². The predicted octanol–water partition coefficient (Wildman–Crippen LogP) is 1.43. The van der Waals surface area contributed by atoms with E-state index in [2.05, 4.69) is 5.10 Å². The molecule has 0 amide bonds. The van der Waals surface area contributed by atoms with Gasteiger partial charge in [-0.1, -0.05) is 0 Å². The zero-order valence-corrected chi connectivity index (χ0v) is 11.1. The van der Waals surface area contributed by atoms with Gasteiger partial charge in [0, 0.05) is 11.7 Å². The predicted molar refractivity (Wildman–Crippen MR) is 66.1 cm³/mol. The minimum atomic E-state index is -0.488. The van der Waals surface area contributed by atoms with Gasteiger partial charge in [-0.05, 0) is 46.1 Å². The van der Waals surface area contributed by atoms with Gasteiger partial charge in [0.15, 0.2) is 5.69 Å². The summed E-state index contributed by atoms with van der Waals surface area (Å²) in [5.41, 5.74) is 6.03. The normalized spacial score (nSPS) is 33.6. The first kappa shape index (κ1) is 11.7. The summed E-state index contributed by atoms with van der Waals surface area (Å²) >= 11 is 0. The minimum absolute atomic E-state index is 0.0397. The fraction of sp³-hybridized carbons (Fsp3) is 0.692. The van der Waals surface area contributed by atoms with E-state index in [4.69, 9.17) is 10.5 Å². The van der Waals surface area contributed by atoms with Crippen LogP contribution < -0.4 is 5.73 Å². The largest absolute Gasteiger partial charge is 0.455 e. The fourth-order valence-electron chi connectivity index (χ4n) is 3.08. The molecule has 0 radical (unpaired) electrons. The smallest absolute Gasteiger partial charge is 0.359 e. The van der Waals surface area contributed by atoms with Crippen LogP contribution in [0.5, 0.6) is 0 Å². The van der Waals surface area contributed by atoms with E-state index in [0.717, 1.165) is 19.3 Å². The molecule has 0 unspecified atom stereocenters. The third-order valence-electron chi connectivity index (χ3n) is 3.73. The zero-order chi connectivity index (χ0) is 13.2. The van der Waals surface area contributed by atoms with E-state index in [1.165, 1.54) is 0 Å². The molecule has 1 aromatic heterocycles. The molecule has 0 aliphatic heterocycles. The fourth-order valence-corrected chi connectivity index (χ4v) is 3.08. The summed E-state index contributed by atoms with van der Waals surface area (Å²) in [6.07, 6.45) is 4.76. The van der Waals surface area contributed by atoms with Gasteiger partial charge in [0.25, 0.3) is 0 Å². The van der Waals surface area contributed by atoms with Gasteiger partial charge in [-0.3, -0.25) is 4.68 Å². The second-order valence-corrected chi connectivity index (χ2v) is 6.76. The van der Waals surface area contributed by atoms with Crippen molar-refractivity contribution in [3.05, 3.63) is 18.0 Å². The number of ether oxygens (including phenoxy) is 1. The lowest BCUT2D eigenvalue weighted by atomic mass is 9.45. The number of aromatic nitrogens is 2. The second-order valence-electron chi connectivity index (χ2n) is 6.76. The highest BCUT2D eigenvalue weighted by Crippen LogP contribution is 2.63. The van der Waals surface area contributed by atoms with Crippen LogP contribution >= 0.6 is 0 Å². The molecule has 5 nitrogen and oxygen atoms in total. The molecule has 2 N–H and O–H groups in total. The van der Waals surface area contributed by atoms with Crippen molar-refractivity contribution in [2.24, 2.45) is 5.73 Å². The van der Waals surface area contributed by atoms with Crippen LogP contribution in [-0.2, 0) is 10.3 Å². The summed E-state index contributed by atoms with van der Waals surface area (Å²) < 4.78 is 7.18. The van der Waals surface area contributed by atoms with Crippen LogP contribution in [0, 0.1) is 0 Å². The van der Waals surface area contributed by atoms with Crippen molar-refractivity contribution in [2.45, 2.75) is 56.7 Å². The van der Waals surface area contributed by atoms with Crippen LogP contribution in [0.1, 0.15) is 50.5 Å². The number of nitrogens with two attached hydrogens (primary N) is 1. The first-order valence-electron chi connectivity index (χ1n) is 6.30. The standard InChI is InChI=1S/C13H19N3O2/c1-11(2,3)18-10(17)9-4-5-16(15-9)13-6-12(14,7-13)8-13/h4-5H,6-8,14H2,1-3H3. The zero-order valence-electron chi connectivity index (χ0n) is 11.1. The molecule has 0 saturated heterocycles. The average Bonchev–Trinajstić information content (AvgIpc) is 2.57. The lowest BCUT2D eigenvalue weighted by molar-refractivity contribution is -0.122. The van der Waals surface area contributed by atoms with E-state index in [1.54, 1.807) is 6.07 Å². The Balaban J connectivity index is 1.73. The van der Waals surface area contributed by atoms with E-state index in [1.807, 2.05) is 31.6 Å². The first-order valence-corrected chi connectivity index (χ1v) is 6.30. The van der Waals surface area contributed by atoms with E-state index in [0.29, 0.717) is 5.69 Å². The number of carbonyl (C=O) groups excluding carboxylic acids is 1. The van der Waals surface area contributed by atoms with E-state index >= 15 is 0 Å². The summed E-state index contributed by atoms with van der Waals surface area (Å²) in [4.78, 5) is 11.9. The van der Waals surface area contributed by atoms with Crippen LogP contribution in [0.15, 0.2) is 12.3 Å². The van der Waals surface area contributed by atoms with Gasteiger partial charge in [0.2, 0.25) is 0 Å². The van der Waals surface area contributed by atoms with Crippen molar-refractivity contribution in [2.75, 3.05) is 0 Å². The molecule has 18 heavy (non-hydrogen) atoms. The van der Waals surface area contributed by atoms with Crippen molar-refractivity contribution in [3.8, 4) is 0 Å². The Morgan fingerprint density at radius 1 is 1.44 bits per heavy atom. The van der Waals surface area contributed by atoms with Crippen LogP contribution in [0.2, 0.25) is 0 Å². The van der Waals surface area contributed by atoms with Crippen LogP contribution in [-0.4, -0.2) is 26.9 Å². The number of carbonyl (C=O) groups is 1. The lowest BCUT2D eigenvalue weighted by Crippen LogP contribution is -2.76. The maximum atomic E-state index is 11.9. The molecular weight excluding hydrogens is 230 g/mol. The number of hydrogen-bond acceptors (Lipinski definition) is 4. The summed E-state index contributed by atoms with van der Waals surface area (Å²) in [5.74, 6) is -0.365. The molecule has 1 aromatic rings. The third kappa shape index (κ3) is 1.65. The quantitative estimate of drug-likeness (QED) is 0.805. The Morgan fingerprint density at radius 3 is 2.56 bits per heavy atom. The molecule has 1 heterocycles. The Kier molecular flexibility index (Phi) is 2.05. The van der Waals surface area contributed by atoms with Crippen LogP contribution in [0.25, 0.3) is 0 Å². The summed E-state index contributed by atoms with van der Waals surface area (Å²) in [5, 5.41) is 4.34. The minimum Gasteiger partial charge on any atom is -0.455 e. The lowest BCUT2D eigenvalue weighted by Gasteiger charge is -2.68. The van der Waals surface area contributed by atoms with Crippen LogP contribution in [0.4, 0.5) is 0 Å². The third-order valence-corrected chi connectivity index (χ3v) is 3.73. The van der Waals surface area contributed by atoms with Crippen molar-refractivity contribution < 1.29 is 9.53 Å². The van der Waals surface area contributed by atoms with E-state index in [-0.39, 0.29) is 17.0 Å². The molecule has 5 heteroatoms. The highest BCUT2D eigenvalue weighted by molar-refractivity contribution is 5.87. The molecule has 0 spiro atoms. The van der Waals surface area contributed by atoms with E-state index < -0.39 is 5.60 Å². The van der Waals surface area contributed by atoms with Crippen molar-refractivity contribution in [3.63, 3.8) is 0 Å². The maximum Gasteiger partial charge on any atom is 0.359 e. The van der Waals surface area contributed by atoms with Gasteiger partial charge in [-0.25, -0.2) is 4.79 Å². The number of esters is 1. The van der Waals surface area contributed by atoms with Crippen molar-refractivity contribution >= 4 is 5.97 Å². The molecular formula is C13H19N3O2. The Bertz CT molecular complexity index is 493. The average molecular weight is 249 g/mol. The number of rotatable bonds is 2. The van der Waals surface area contributed by atoms with Gasteiger partial charge in [-0.2, -0.15) is 5.10 Å². The molecule has 0 aromatic carbocycles. The topological polar surface area (TPSA) is 70.1 Å². The molecule has 3 fully saturated rings. The van der Waals surface area contributed by atoms with Gasteiger partial charge >= 0.3 is 5.97 Å². The van der Waals surface area contributed by atoms with Crippen molar-refractivity contribution in [1.82, 2.24) is 9.78 Å². The maximum absolute atomic E-state index is 11.9. The Morgan fingerprint density at radius 2 is 2.06 bits per heavy atom. The molecule has 4 rings (SSSR count).